The molecule has 59 heavy (non-hydrogen) atoms. The Kier molecular flexibility index (Phi) is 13.2. The van der Waals surface area contributed by atoms with Gasteiger partial charge in [0, 0.05) is 74.1 Å². The monoisotopic (exact) mass is 876 g/mol. The van der Waals surface area contributed by atoms with Crippen molar-refractivity contribution in [3.8, 4) is 0 Å². The van der Waals surface area contributed by atoms with E-state index in [1.165, 1.54) is 4.31 Å². The topological polar surface area (TPSA) is 164 Å². The van der Waals surface area contributed by atoms with Crippen molar-refractivity contribution in [1.82, 2.24) is 28.7 Å². The van der Waals surface area contributed by atoms with Crippen LogP contribution in [0.25, 0.3) is 22.1 Å². The van der Waals surface area contributed by atoms with Crippen molar-refractivity contribution >= 4 is 57.9 Å². The van der Waals surface area contributed by atoms with Crippen LogP contribution < -0.4 is 5.32 Å². The van der Waals surface area contributed by atoms with E-state index >= 15 is 0 Å². The average Bonchev–Trinajstić information content (AvgIpc) is 3.68. The van der Waals surface area contributed by atoms with Gasteiger partial charge in [0.1, 0.15) is 17.2 Å². The van der Waals surface area contributed by atoms with Gasteiger partial charge in [0.15, 0.2) is 0 Å². The molecule has 7 rings (SSSR count). The molecule has 1 N–H and O–H groups in total. The van der Waals surface area contributed by atoms with Gasteiger partial charge in [0.2, 0.25) is 10.0 Å². The lowest BCUT2D eigenvalue weighted by atomic mass is 9.94. The molecule has 3 aliphatic rings. The summed E-state index contributed by atoms with van der Waals surface area (Å²) in [5.41, 5.74) is 2.35. The summed E-state index contributed by atoms with van der Waals surface area (Å²) >= 11 is 0. The number of aromatic nitrogens is 4. The van der Waals surface area contributed by atoms with Gasteiger partial charge in [0.25, 0.3) is 9.05 Å². The lowest BCUT2D eigenvalue weighted by Crippen LogP contribution is -2.61. The minimum absolute atomic E-state index is 0.0906. The average molecular weight is 878 g/mol. The Labute approximate surface area is 353 Å². The molecule has 2 aromatic carbocycles. The number of sulfonamides is 1. The molecule has 0 bridgehead atoms. The van der Waals surface area contributed by atoms with Gasteiger partial charge in [0.05, 0.1) is 37.9 Å². The van der Waals surface area contributed by atoms with Crippen molar-refractivity contribution < 1.29 is 35.8 Å². The molecule has 0 unspecified atom stereocenters. The van der Waals surface area contributed by atoms with Gasteiger partial charge in [-0.25, -0.2) is 31.6 Å². The normalized spacial score (nSPS) is 18.4. The predicted molar refractivity (Wildman–Crippen MR) is 229 cm³/mol. The van der Waals surface area contributed by atoms with Crippen molar-refractivity contribution in [3.05, 3.63) is 48.0 Å². The lowest BCUT2D eigenvalue weighted by Gasteiger charge is -2.38. The summed E-state index contributed by atoms with van der Waals surface area (Å²) in [6.45, 7) is 23.4. The summed E-state index contributed by atoms with van der Waals surface area (Å²) in [7, 11) is -1.97. The van der Waals surface area contributed by atoms with Crippen LogP contribution in [0.5, 0.6) is 0 Å². The highest BCUT2D eigenvalue weighted by molar-refractivity contribution is 8.13. The highest BCUT2D eigenvalue weighted by Gasteiger charge is 2.39. The fourth-order valence-corrected chi connectivity index (χ4v) is 10.1. The van der Waals surface area contributed by atoms with Crippen LogP contribution in [-0.4, -0.2) is 97.5 Å². The van der Waals surface area contributed by atoms with E-state index in [0.717, 1.165) is 87.9 Å². The minimum atomic E-state index is -3.75. The molecule has 3 saturated heterocycles. The summed E-state index contributed by atoms with van der Waals surface area (Å²) < 4.78 is 71.8. The maximum atomic E-state index is 13.3. The van der Waals surface area contributed by atoms with E-state index in [9.17, 15) is 21.6 Å². The number of ether oxygens (including phenoxy) is 3. The zero-order valence-electron chi connectivity index (χ0n) is 35.9. The third-order valence-corrected chi connectivity index (χ3v) is 14.0. The SMILES string of the molecule is CC(C)(C)OC(=O)NC1CN(S(=O)(=O)c2ccc3c(c2)nc(C(C)(C)C)n3CC2CCOCC2)C1.CC(C)(C)c1nc2cc(S(=O)(=O)Cl)ccc2n1CC1CCOCC1. The molecule has 0 atom stereocenters. The Morgan fingerprint density at radius 3 is 1.56 bits per heavy atom. The van der Waals surface area contributed by atoms with Crippen LogP contribution in [0.4, 0.5) is 4.79 Å². The highest BCUT2D eigenvalue weighted by Crippen LogP contribution is 2.33. The number of benzene rings is 2. The molecule has 5 heterocycles. The van der Waals surface area contributed by atoms with Gasteiger partial charge in [-0.15, -0.1) is 0 Å². The van der Waals surface area contributed by atoms with Gasteiger partial charge in [-0.05, 0) is 94.7 Å². The van der Waals surface area contributed by atoms with Gasteiger partial charge >= 0.3 is 6.09 Å². The number of imidazole rings is 2. The molecular formula is C42H61ClN6O8S2. The molecule has 17 heteroatoms. The Balaban J connectivity index is 0.000000213. The van der Waals surface area contributed by atoms with Crippen LogP contribution in [-0.2, 0) is 57.2 Å². The highest BCUT2D eigenvalue weighted by atomic mass is 35.7. The van der Waals surface area contributed by atoms with E-state index in [1.807, 2.05) is 12.1 Å². The fourth-order valence-electron chi connectivity index (χ4n) is 7.77. The van der Waals surface area contributed by atoms with Crippen LogP contribution in [0.1, 0.15) is 99.6 Å². The second-order valence-corrected chi connectivity index (χ2v) is 23.6. The summed E-state index contributed by atoms with van der Waals surface area (Å²) in [5.74, 6) is 2.99. The third kappa shape index (κ3) is 11.0. The van der Waals surface area contributed by atoms with E-state index in [1.54, 1.807) is 45.0 Å². The largest absolute Gasteiger partial charge is 0.444 e. The van der Waals surface area contributed by atoms with Crippen LogP contribution in [0.2, 0.25) is 0 Å². The minimum Gasteiger partial charge on any atom is -0.444 e. The first-order valence-electron chi connectivity index (χ1n) is 20.5. The Bertz CT molecular complexity index is 2360. The number of fused-ring (bicyclic) bond motifs is 2. The number of halogens is 1. The second kappa shape index (κ2) is 17.2. The van der Waals surface area contributed by atoms with Crippen LogP contribution in [0.3, 0.4) is 0 Å². The van der Waals surface area contributed by atoms with Crippen molar-refractivity contribution in [2.75, 3.05) is 39.5 Å². The van der Waals surface area contributed by atoms with E-state index in [-0.39, 0.29) is 39.8 Å². The lowest BCUT2D eigenvalue weighted by molar-refractivity contribution is 0.0459. The molecule has 0 spiro atoms. The Morgan fingerprint density at radius 1 is 0.729 bits per heavy atom. The second-order valence-electron chi connectivity index (χ2n) is 19.1. The maximum Gasteiger partial charge on any atom is 0.407 e. The van der Waals surface area contributed by atoms with Gasteiger partial charge in [-0.3, -0.25) is 0 Å². The zero-order valence-corrected chi connectivity index (χ0v) is 38.3. The van der Waals surface area contributed by atoms with Crippen molar-refractivity contribution in [3.63, 3.8) is 0 Å². The molecule has 0 aliphatic carbocycles. The first-order valence-corrected chi connectivity index (χ1v) is 24.3. The first-order chi connectivity index (χ1) is 27.4. The van der Waals surface area contributed by atoms with Gasteiger partial charge < -0.3 is 28.7 Å². The van der Waals surface area contributed by atoms with Crippen LogP contribution in [0.15, 0.2) is 46.2 Å². The summed E-state index contributed by atoms with van der Waals surface area (Å²) in [4.78, 5) is 21.9. The molecule has 4 aromatic rings. The number of hydrogen-bond donors (Lipinski definition) is 1. The molecule has 326 valence electrons. The summed E-state index contributed by atoms with van der Waals surface area (Å²) in [6, 6.07) is 9.88. The molecule has 0 radical (unpaired) electrons. The number of rotatable bonds is 8. The quantitative estimate of drug-likeness (QED) is 0.177. The summed E-state index contributed by atoms with van der Waals surface area (Å²) in [5, 5.41) is 2.73. The molecule has 14 nitrogen and oxygen atoms in total. The van der Waals surface area contributed by atoms with E-state index in [0.29, 0.717) is 22.9 Å². The van der Waals surface area contributed by atoms with Gasteiger partial charge in [-0.2, -0.15) is 4.31 Å². The maximum absolute atomic E-state index is 13.3. The zero-order chi connectivity index (χ0) is 43.1. The Hall–Kier alpha value is -3.28. The molecule has 0 saturated carbocycles. The number of alkyl carbamates (subject to hydrolysis) is 1. The smallest absolute Gasteiger partial charge is 0.407 e. The Morgan fingerprint density at radius 2 is 1.15 bits per heavy atom. The number of nitrogens with one attached hydrogen (secondary N) is 1. The molecule has 2 aromatic heterocycles. The van der Waals surface area contributed by atoms with E-state index < -0.39 is 30.8 Å². The fraction of sp³-hybridized carbons (Fsp3) is 0.643. The van der Waals surface area contributed by atoms with Crippen LogP contribution >= 0.6 is 10.7 Å². The first kappa shape index (κ1) is 45.3. The van der Waals surface area contributed by atoms with Gasteiger partial charge in [-0.1, -0.05) is 41.5 Å². The number of carbonyl (C=O) groups is 1. The number of nitrogens with zero attached hydrogens (tertiary/aromatic N) is 5. The van der Waals surface area contributed by atoms with Crippen molar-refractivity contribution in [1.29, 1.82) is 0 Å². The van der Waals surface area contributed by atoms with Crippen LogP contribution in [0, 0.1) is 11.8 Å². The standard InChI is InChI=1S/C25H38N4O5S.C17H23ClN2O3S/c1-24(2,3)22-27-20-13-19(7-8-21(20)29(22)14-17-9-11-33-12-10-17)35(31,32)28-15-18(16-28)26-23(30)34-25(4,5)6;1-17(2,3)16-19-14-10-13(24(18,21)22)4-5-15(14)20(16)11-12-6-8-23-9-7-12/h7-8,13,17-18H,9-12,14-16H2,1-6H3,(H,26,30);4-5,10,12H,6-9,11H2,1-3H3. The van der Waals surface area contributed by atoms with E-state index in [4.69, 9.17) is 34.9 Å². The van der Waals surface area contributed by atoms with E-state index in [2.05, 4.69) is 56.0 Å². The molecule has 3 aliphatic heterocycles. The van der Waals surface area contributed by atoms with Crippen molar-refractivity contribution in [2.24, 2.45) is 11.8 Å². The van der Waals surface area contributed by atoms with Crippen molar-refractivity contribution in [2.45, 2.75) is 133 Å². The third-order valence-electron chi connectivity index (χ3n) is 10.8. The number of carbonyl (C=O) groups excluding carboxylic acids is 1. The molecule has 3 fully saturated rings. The number of hydrogen-bond acceptors (Lipinski definition) is 10. The predicted octanol–water partition coefficient (Wildman–Crippen LogP) is 7.35. The number of amides is 1. The summed E-state index contributed by atoms with van der Waals surface area (Å²) in [6.07, 6.45) is 3.58. The molecular weight excluding hydrogens is 816 g/mol. The molecule has 1 amide bonds.